The number of fused-ring (bicyclic) bond motifs is 1. The first-order chi connectivity index (χ1) is 12.9. The number of aryl methyl sites for hydroxylation is 1. The molecule has 0 unspecified atom stereocenters. The van der Waals surface area contributed by atoms with Crippen molar-refractivity contribution in [1.29, 1.82) is 0 Å². The van der Waals surface area contributed by atoms with E-state index in [9.17, 15) is 9.59 Å². The smallest absolute Gasteiger partial charge is 0.332 e. The largest absolute Gasteiger partial charge is 0.444 e. The van der Waals surface area contributed by atoms with Crippen molar-refractivity contribution in [2.45, 2.75) is 6.54 Å². The molecule has 0 spiro atoms. The van der Waals surface area contributed by atoms with Gasteiger partial charge in [0.15, 0.2) is 11.2 Å². The van der Waals surface area contributed by atoms with Crippen molar-refractivity contribution < 1.29 is 4.42 Å². The maximum absolute atomic E-state index is 12.6. The number of imidazole rings is 1. The molecule has 0 atom stereocenters. The van der Waals surface area contributed by atoms with E-state index in [-0.39, 0.29) is 23.0 Å². The van der Waals surface area contributed by atoms with Crippen molar-refractivity contribution in [3.8, 4) is 11.5 Å². The van der Waals surface area contributed by atoms with Gasteiger partial charge in [-0.2, -0.15) is 4.98 Å². The Hall–Kier alpha value is -2.84. The maximum atomic E-state index is 12.6. The molecule has 0 fully saturated rings. The van der Waals surface area contributed by atoms with Crippen molar-refractivity contribution in [3.63, 3.8) is 0 Å². The maximum Gasteiger partial charge on any atom is 0.332 e. The van der Waals surface area contributed by atoms with Crippen LogP contribution in [0.3, 0.4) is 0 Å². The fourth-order valence-corrected chi connectivity index (χ4v) is 3.18. The van der Waals surface area contributed by atoms with Gasteiger partial charge in [0.1, 0.15) is 6.26 Å². The van der Waals surface area contributed by atoms with Crippen molar-refractivity contribution in [2.75, 3.05) is 0 Å². The van der Waals surface area contributed by atoms with Gasteiger partial charge in [-0.3, -0.25) is 13.9 Å². The molecule has 10 heteroatoms. The zero-order valence-corrected chi connectivity index (χ0v) is 15.8. The van der Waals surface area contributed by atoms with E-state index in [1.165, 1.54) is 29.5 Å². The molecule has 0 amide bonds. The summed E-state index contributed by atoms with van der Waals surface area (Å²) in [5.74, 6) is 0.419. The van der Waals surface area contributed by atoms with Gasteiger partial charge < -0.3 is 8.98 Å². The first-order valence-electron chi connectivity index (χ1n) is 7.89. The summed E-state index contributed by atoms with van der Waals surface area (Å²) < 4.78 is 9.31. The molecule has 0 saturated carbocycles. The average molecular weight is 406 g/mol. The summed E-state index contributed by atoms with van der Waals surface area (Å²) in [5.41, 5.74) is 0.812. The molecule has 0 aliphatic carbocycles. The van der Waals surface area contributed by atoms with Gasteiger partial charge in [-0.15, -0.1) is 0 Å². The summed E-state index contributed by atoms with van der Waals surface area (Å²) in [6.07, 6.45) is 1.48. The van der Waals surface area contributed by atoms with Gasteiger partial charge in [-0.1, -0.05) is 11.6 Å². The summed E-state index contributed by atoms with van der Waals surface area (Å²) in [4.78, 5) is 33.2. The van der Waals surface area contributed by atoms with Crippen LogP contribution in [0.5, 0.6) is 0 Å². The quantitative estimate of drug-likeness (QED) is 0.488. The highest BCUT2D eigenvalue weighted by molar-refractivity contribution is 6.30. The van der Waals surface area contributed by atoms with Crippen molar-refractivity contribution in [3.05, 3.63) is 67.4 Å². The van der Waals surface area contributed by atoms with E-state index in [4.69, 9.17) is 27.6 Å². The molecular weight excluding hydrogens is 393 g/mol. The third-order valence-corrected chi connectivity index (χ3v) is 4.80. The molecule has 0 aliphatic rings. The Bertz CT molecular complexity index is 1280. The fourth-order valence-electron chi connectivity index (χ4n) is 2.83. The number of hydrogen-bond acceptors (Lipinski definition) is 5. The Morgan fingerprint density at radius 2 is 1.74 bits per heavy atom. The van der Waals surface area contributed by atoms with Crippen LogP contribution in [0.2, 0.25) is 10.3 Å². The molecule has 138 valence electrons. The van der Waals surface area contributed by atoms with Crippen molar-refractivity contribution in [1.82, 2.24) is 23.7 Å². The molecule has 27 heavy (non-hydrogen) atoms. The summed E-state index contributed by atoms with van der Waals surface area (Å²) in [5, 5.41) is 0.697. The van der Waals surface area contributed by atoms with E-state index < -0.39 is 11.2 Å². The number of oxazole rings is 1. The van der Waals surface area contributed by atoms with Crippen molar-refractivity contribution in [2.24, 2.45) is 14.1 Å². The molecule has 8 nitrogen and oxygen atoms in total. The van der Waals surface area contributed by atoms with Crippen LogP contribution < -0.4 is 11.2 Å². The molecule has 4 rings (SSSR count). The zero-order chi connectivity index (χ0) is 19.3. The highest BCUT2D eigenvalue weighted by Crippen LogP contribution is 2.23. The molecule has 3 heterocycles. The van der Waals surface area contributed by atoms with Gasteiger partial charge >= 0.3 is 5.69 Å². The summed E-state index contributed by atoms with van der Waals surface area (Å²) >= 11 is 12.1. The van der Waals surface area contributed by atoms with Crippen LogP contribution in [-0.4, -0.2) is 23.7 Å². The number of nitrogens with zero attached hydrogens (tertiary/aromatic N) is 5. The van der Waals surface area contributed by atoms with Gasteiger partial charge in [-0.25, -0.2) is 9.78 Å². The van der Waals surface area contributed by atoms with Crippen molar-refractivity contribution >= 4 is 34.4 Å². The number of rotatable bonds is 3. The molecule has 1 aromatic carbocycles. The van der Waals surface area contributed by atoms with E-state index in [1.807, 2.05) is 0 Å². The highest BCUT2D eigenvalue weighted by Gasteiger charge is 2.19. The van der Waals surface area contributed by atoms with Gasteiger partial charge in [0.2, 0.25) is 11.2 Å². The Morgan fingerprint density at radius 1 is 1.04 bits per heavy atom. The lowest BCUT2D eigenvalue weighted by Crippen LogP contribution is -2.37. The third kappa shape index (κ3) is 2.87. The fraction of sp³-hybridized carbons (Fsp3) is 0.176. The predicted molar refractivity (Wildman–Crippen MR) is 101 cm³/mol. The van der Waals surface area contributed by atoms with Crippen LogP contribution in [-0.2, 0) is 20.6 Å². The first kappa shape index (κ1) is 17.6. The second-order valence-corrected chi connectivity index (χ2v) is 6.77. The third-order valence-electron chi connectivity index (χ3n) is 4.26. The topological polar surface area (TPSA) is 87.8 Å². The minimum absolute atomic E-state index is 0.0827. The van der Waals surface area contributed by atoms with Crippen LogP contribution in [0.1, 0.15) is 5.69 Å². The van der Waals surface area contributed by atoms with Gasteiger partial charge in [-0.05, 0) is 35.9 Å². The number of aromatic nitrogens is 5. The Morgan fingerprint density at radius 3 is 2.44 bits per heavy atom. The first-order valence-corrected chi connectivity index (χ1v) is 8.64. The SMILES string of the molecule is Cn1c(=O)c2c(nc(Cl)n2Cc2coc(-c3ccc(Cl)cc3)n2)n(C)c1=O. The number of benzene rings is 1. The second kappa shape index (κ2) is 6.40. The number of halogens is 2. The molecule has 0 bridgehead atoms. The van der Waals surface area contributed by atoms with E-state index in [0.29, 0.717) is 16.6 Å². The molecule has 3 aromatic heterocycles. The highest BCUT2D eigenvalue weighted by atomic mass is 35.5. The van der Waals surface area contributed by atoms with Gasteiger partial charge in [0, 0.05) is 24.7 Å². The Labute approximate surface area is 162 Å². The summed E-state index contributed by atoms with van der Waals surface area (Å²) in [6, 6.07) is 7.07. The minimum Gasteiger partial charge on any atom is -0.444 e. The second-order valence-electron chi connectivity index (χ2n) is 6.00. The normalized spacial score (nSPS) is 11.4. The summed E-state index contributed by atoms with van der Waals surface area (Å²) in [6.45, 7) is 0.167. The molecule has 0 aliphatic heterocycles. The Balaban J connectivity index is 1.79. The molecule has 0 N–H and O–H groups in total. The van der Waals surface area contributed by atoms with E-state index in [1.54, 1.807) is 24.3 Å². The van der Waals surface area contributed by atoms with Crippen LogP contribution in [0.4, 0.5) is 0 Å². The zero-order valence-electron chi connectivity index (χ0n) is 14.3. The van der Waals surface area contributed by atoms with Gasteiger partial charge in [0.25, 0.3) is 5.56 Å². The Kier molecular flexibility index (Phi) is 4.16. The van der Waals surface area contributed by atoms with E-state index in [0.717, 1.165) is 10.1 Å². The van der Waals surface area contributed by atoms with E-state index >= 15 is 0 Å². The molecule has 0 saturated heterocycles. The van der Waals surface area contributed by atoms with Crippen LogP contribution in [0.15, 0.2) is 44.5 Å². The van der Waals surface area contributed by atoms with E-state index in [2.05, 4.69) is 9.97 Å². The molecular formula is C17H13Cl2N5O3. The standard InChI is InChI=1S/C17H13Cl2N5O3/c1-22-13-12(15(25)23(2)17(22)26)24(16(19)21-13)7-11-8-27-14(20-11)9-3-5-10(18)6-4-9/h3-6,8H,7H2,1-2H3. The minimum atomic E-state index is -0.478. The predicted octanol–water partition coefficient (Wildman–Crippen LogP) is 2.44. The lowest BCUT2D eigenvalue weighted by atomic mass is 10.2. The monoisotopic (exact) mass is 405 g/mol. The lowest BCUT2D eigenvalue weighted by molar-refractivity contribution is 0.571. The lowest BCUT2D eigenvalue weighted by Gasteiger charge is -2.05. The summed E-state index contributed by atoms with van der Waals surface area (Å²) in [7, 11) is 2.94. The van der Waals surface area contributed by atoms with Gasteiger partial charge in [0.05, 0.1) is 12.2 Å². The number of hydrogen-bond donors (Lipinski definition) is 0. The van der Waals surface area contributed by atoms with Crippen LogP contribution in [0.25, 0.3) is 22.6 Å². The average Bonchev–Trinajstić information content (AvgIpc) is 3.24. The van der Waals surface area contributed by atoms with Crippen LogP contribution >= 0.6 is 23.2 Å². The molecule has 0 radical (unpaired) electrons. The van der Waals surface area contributed by atoms with Crippen LogP contribution in [0, 0.1) is 0 Å². The molecule has 4 aromatic rings.